The van der Waals surface area contributed by atoms with Gasteiger partial charge in [0.25, 0.3) is 0 Å². The molecule has 13 heavy (non-hydrogen) atoms. The number of carbonyl (C=O) groups excluding carboxylic acids is 1. The molecule has 2 rings (SSSR count). The second kappa shape index (κ2) is 3.40. The van der Waals surface area contributed by atoms with Crippen molar-refractivity contribution in [1.29, 1.82) is 0 Å². The lowest BCUT2D eigenvalue weighted by molar-refractivity contribution is 0.103. The molecule has 4 nitrogen and oxygen atoms in total. The van der Waals surface area contributed by atoms with E-state index < -0.39 is 0 Å². The number of nitrogens with zero attached hydrogens (tertiary/aromatic N) is 3. The lowest BCUT2D eigenvalue weighted by Gasteiger charge is -1.92. The largest absolute Gasteiger partial charge is 0.284 e. The Morgan fingerprint density at radius 3 is 2.77 bits per heavy atom. The number of rotatable bonds is 2. The fraction of sp³-hybridized carbons (Fsp3) is 0. The first-order valence-electron chi connectivity index (χ1n) is 3.58. The van der Waals surface area contributed by atoms with Gasteiger partial charge in [-0.3, -0.25) is 9.78 Å². The molecule has 0 fully saturated rings. The highest BCUT2D eigenvalue weighted by Gasteiger charge is 2.12. The van der Waals surface area contributed by atoms with E-state index in [2.05, 4.69) is 15.0 Å². The van der Waals surface area contributed by atoms with Gasteiger partial charge in [-0.15, -0.1) is 11.3 Å². The maximum absolute atomic E-state index is 11.6. The van der Waals surface area contributed by atoms with E-state index in [4.69, 9.17) is 0 Å². The molecule has 0 aromatic carbocycles. The van der Waals surface area contributed by atoms with Crippen LogP contribution in [-0.2, 0) is 0 Å². The minimum Gasteiger partial charge on any atom is -0.284 e. The smallest absolute Gasteiger partial charge is 0.241 e. The quantitative estimate of drug-likeness (QED) is 0.668. The average molecular weight is 191 g/mol. The number of aromatic nitrogens is 3. The number of hydrogen-bond acceptors (Lipinski definition) is 5. The second-order valence-electron chi connectivity index (χ2n) is 2.26. The van der Waals surface area contributed by atoms with Crippen molar-refractivity contribution in [2.75, 3.05) is 0 Å². The van der Waals surface area contributed by atoms with Gasteiger partial charge in [0.1, 0.15) is 5.69 Å². The molecule has 0 radical (unpaired) electrons. The molecule has 0 amide bonds. The van der Waals surface area contributed by atoms with Crippen molar-refractivity contribution in [2.45, 2.75) is 0 Å². The number of thiazole rings is 1. The zero-order valence-electron chi connectivity index (χ0n) is 6.54. The van der Waals surface area contributed by atoms with E-state index in [-0.39, 0.29) is 5.78 Å². The third kappa shape index (κ3) is 1.59. The first-order valence-corrected chi connectivity index (χ1v) is 4.46. The first-order chi connectivity index (χ1) is 6.38. The van der Waals surface area contributed by atoms with Crippen LogP contribution < -0.4 is 0 Å². The molecule has 5 heteroatoms. The molecule has 0 N–H and O–H groups in total. The monoisotopic (exact) mass is 191 g/mol. The number of ketones is 1. The molecule has 0 bridgehead atoms. The first kappa shape index (κ1) is 8.00. The molecule has 2 aromatic heterocycles. The van der Waals surface area contributed by atoms with Gasteiger partial charge in [0, 0.05) is 24.0 Å². The lowest BCUT2D eigenvalue weighted by Crippen LogP contribution is -2.03. The molecule has 0 unspecified atom stereocenters. The summed E-state index contributed by atoms with van der Waals surface area (Å²) in [5, 5.41) is 2.20. The lowest BCUT2D eigenvalue weighted by atomic mass is 10.3. The molecular weight excluding hydrogens is 186 g/mol. The van der Waals surface area contributed by atoms with Crippen molar-refractivity contribution in [1.82, 2.24) is 15.0 Å². The molecule has 0 aliphatic rings. The predicted octanol–water partition coefficient (Wildman–Crippen LogP) is 1.16. The Kier molecular flexibility index (Phi) is 2.09. The summed E-state index contributed by atoms with van der Waals surface area (Å²) < 4.78 is 0. The van der Waals surface area contributed by atoms with Crippen LogP contribution in [0.1, 0.15) is 15.5 Å². The van der Waals surface area contributed by atoms with E-state index in [0.717, 1.165) is 0 Å². The highest BCUT2D eigenvalue weighted by molar-refractivity contribution is 7.11. The highest BCUT2D eigenvalue weighted by atomic mass is 32.1. The van der Waals surface area contributed by atoms with Gasteiger partial charge in [-0.25, -0.2) is 9.97 Å². The van der Waals surface area contributed by atoms with E-state index >= 15 is 0 Å². The molecule has 2 heterocycles. The maximum atomic E-state index is 11.6. The standard InChI is InChI=1S/C8H5N3OS/c12-7(8-11-3-4-13-8)6-5-9-1-2-10-6/h1-5H. The van der Waals surface area contributed by atoms with Gasteiger partial charge >= 0.3 is 0 Å². The Hall–Kier alpha value is -1.62. The van der Waals surface area contributed by atoms with Gasteiger partial charge in [-0.2, -0.15) is 0 Å². The minimum atomic E-state index is -0.178. The SMILES string of the molecule is O=C(c1cnccn1)c1nccs1. The zero-order chi connectivity index (χ0) is 9.10. The summed E-state index contributed by atoms with van der Waals surface area (Å²) in [4.78, 5) is 23.1. The van der Waals surface area contributed by atoms with Crippen LogP contribution in [0.3, 0.4) is 0 Å². The molecule has 0 aliphatic carbocycles. The van der Waals surface area contributed by atoms with Crippen molar-refractivity contribution in [2.24, 2.45) is 0 Å². The van der Waals surface area contributed by atoms with Crippen LogP contribution in [0, 0.1) is 0 Å². The van der Waals surface area contributed by atoms with E-state index in [1.165, 1.54) is 29.9 Å². The number of hydrogen-bond donors (Lipinski definition) is 0. The summed E-state index contributed by atoms with van der Waals surface area (Å²) >= 11 is 1.30. The van der Waals surface area contributed by atoms with Crippen molar-refractivity contribution >= 4 is 17.1 Å². The van der Waals surface area contributed by atoms with Crippen LogP contribution in [-0.4, -0.2) is 20.7 Å². The maximum Gasteiger partial charge on any atom is 0.241 e. The van der Waals surface area contributed by atoms with E-state index in [0.29, 0.717) is 10.7 Å². The summed E-state index contributed by atoms with van der Waals surface area (Å²) in [6.07, 6.45) is 6.04. The van der Waals surface area contributed by atoms with Crippen molar-refractivity contribution in [3.05, 3.63) is 40.9 Å². The van der Waals surface area contributed by atoms with Crippen LogP contribution in [0.15, 0.2) is 30.2 Å². The number of carbonyl (C=O) groups is 1. The molecule has 0 saturated heterocycles. The zero-order valence-corrected chi connectivity index (χ0v) is 7.36. The second-order valence-corrected chi connectivity index (χ2v) is 3.15. The summed E-state index contributed by atoms with van der Waals surface area (Å²) in [5.74, 6) is -0.178. The third-order valence-electron chi connectivity index (χ3n) is 1.42. The third-order valence-corrected chi connectivity index (χ3v) is 2.19. The fourth-order valence-electron chi connectivity index (χ4n) is 0.861. The van der Waals surface area contributed by atoms with E-state index in [1.807, 2.05) is 0 Å². The molecule has 0 spiro atoms. The van der Waals surface area contributed by atoms with Crippen LogP contribution in [0.2, 0.25) is 0 Å². The average Bonchev–Trinajstić information content (AvgIpc) is 2.71. The molecule has 64 valence electrons. The Bertz CT molecular complexity index is 399. The van der Waals surface area contributed by atoms with E-state index in [1.54, 1.807) is 11.6 Å². The Balaban J connectivity index is 2.34. The Morgan fingerprint density at radius 2 is 2.15 bits per heavy atom. The normalized spacial score (nSPS) is 9.85. The van der Waals surface area contributed by atoms with Crippen molar-refractivity contribution in [3.8, 4) is 0 Å². The molecule has 0 aliphatic heterocycles. The summed E-state index contributed by atoms with van der Waals surface area (Å²) in [5.41, 5.74) is 0.331. The van der Waals surface area contributed by atoms with Crippen LogP contribution in [0.4, 0.5) is 0 Å². The van der Waals surface area contributed by atoms with Gasteiger partial charge < -0.3 is 0 Å². The highest BCUT2D eigenvalue weighted by Crippen LogP contribution is 2.08. The topological polar surface area (TPSA) is 55.7 Å². The molecule has 0 saturated carbocycles. The molecule has 2 aromatic rings. The van der Waals surface area contributed by atoms with Gasteiger partial charge in [0.15, 0.2) is 5.01 Å². The Labute approximate surface area is 78.3 Å². The Morgan fingerprint density at radius 1 is 1.23 bits per heavy atom. The molecule has 0 atom stereocenters. The van der Waals surface area contributed by atoms with E-state index in [9.17, 15) is 4.79 Å². The van der Waals surface area contributed by atoms with Crippen LogP contribution in [0.25, 0.3) is 0 Å². The summed E-state index contributed by atoms with van der Waals surface area (Å²) in [7, 11) is 0. The van der Waals surface area contributed by atoms with Gasteiger partial charge in [0.2, 0.25) is 5.78 Å². The van der Waals surface area contributed by atoms with Crippen LogP contribution >= 0.6 is 11.3 Å². The predicted molar refractivity (Wildman–Crippen MR) is 47.6 cm³/mol. The fourth-order valence-corrected chi connectivity index (χ4v) is 1.45. The molecular formula is C8H5N3OS. The van der Waals surface area contributed by atoms with Crippen molar-refractivity contribution < 1.29 is 4.79 Å². The summed E-state index contributed by atoms with van der Waals surface area (Å²) in [6, 6.07) is 0. The summed E-state index contributed by atoms with van der Waals surface area (Å²) in [6.45, 7) is 0. The van der Waals surface area contributed by atoms with Gasteiger partial charge in [0.05, 0.1) is 6.20 Å². The van der Waals surface area contributed by atoms with Gasteiger partial charge in [-0.05, 0) is 0 Å². The van der Waals surface area contributed by atoms with Crippen molar-refractivity contribution in [3.63, 3.8) is 0 Å². The van der Waals surface area contributed by atoms with Gasteiger partial charge in [-0.1, -0.05) is 0 Å². The van der Waals surface area contributed by atoms with Crippen LogP contribution in [0.5, 0.6) is 0 Å². The minimum absolute atomic E-state index is 0.178.